The summed E-state index contributed by atoms with van der Waals surface area (Å²) in [5.41, 5.74) is 10.5. The fraction of sp³-hybridized carbons (Fsp3) is 0.467. The van der Waals surface area contributed by atoms with Crippen LogP contribution in [0.1, 0.15) is 16.7 Å². The summed E-state index contributed by atoms with van der Waals surface area (Å²) in [6.45, 7) is 2.67. The standard InChI is InChI=1S/C15H22ClN3O2/c1-20-10-14(17)15(21-2)19-6-5-12-4-3-11(8-18-16)7-13(12)9-19/h3-4,7,18H,5-6,8-10,17H2,1-2H3/b15-14+. The maximum absolute atomic E-state index is 6.03. The lowest BCUT2D eigenvalue weighted by atomic mass is 9.97. The number of hydrogen-bond donors (Lipinski definition) is 2. The van der Waals surface area contributed by atoms with Crippen molar-refractivity contribution in [2.45, 2.75) is 19.5 Å². The molecule has 2 rings (SSSR count). The van der Waals surface area contributed by atoms with Crippen LogP contribution in [0.15, 0.2) is 29.8 Å². The van der Waals surface area contributed by atoms with Crippen molar-refractivity contribution in [3.8, 4) is 0 Å². The van der Waals surface area contributed by atoms with Gasteiger partial charge in [0.2, 0.25) is 5.88 Å². The molecule has 0 atom stereocenters. The van der Waals surface area contributed by atoms with Crippen LogP contribution < -0.4 is 10.6 Å². The largest absolute Gasteiger partial charge is 0.481 e. The van der Waals surface area contributed by atoms with Gasteiger partial charge in [0.1, 0.15) is 0 Å². The first-order chi connectivity index (χ1) is 10.2. The Kier molecular flexibility index (Phi) is 5.73. The molecule has 116 valence electrons. The molecule has 0 bridgehead atoms. The van der Waals surface area contributed by atoms with Crippen molar-refractivity contribution < 1.29 is 9.47 Å². The fourth-order valence-electron chi connectivity index (χ4n) is 2.65. The molecule has 1 aliphatic rings. The normalized spacial score (nSPS) is 15.5. The van der Waals surface area contributed by atoms with Gasteiger partial charge in [0.25, 0.3) is 0 Å². The Bertz CT molecular complexity index is 520. The third-order valence-corrected chi connectivity index (χ3v) is 3.74. The quantitative estimate of drug-likeness (QED) is 0.619. The number of benzene rings is 1. The predicted octanol–water partition coefficient (Wildman–Crippen LogP) is 1.71. The number of hydrogen-bond acceptors (Lipinski definition) is 5. The molecule has 0 unspecified atom stereocenters. The number of halogens is 1. The van der Waals surface area contributed by atoms with Crippen LogP contribution in [0.4, 0.5) is 0 Å². The van der Waals surface area contributed by atoms with Crippen molar-refractivity contribution in [2.24, 2.45) is 5.73 Å². The SMILES string of the molecule is COC/C(N)=C(\OC)N1CCc2ccc(CNCl)cc2C1. The predicted molar refractivity (Wildman–Crippen MR) is 83.3 cm³/mol. The highest BCUT2D eigenvalue weighted by Crippen LogP contribution is 2.24. The highest BCUT2D eigenvalue weighted by molar-refractivity contribution is 6.13. The summed E-state index contributed by atoms with van der Waals surface area (Å²) in [4.78, 5) is 4.81. The molecule has 0 fully saturated rings. The zero-order valence-corrected chi connectivity index (χ0v) is 13.2. The highest BCUT2D eigenvalue weighted by Gasteiger charge is 2.21. The molecule has 0 amide bonds. The number of ether oxygens (including phenoxy) is 2. The molecule has 0 radical (unpaired) electrons. The minimum atomic E-state index is 0.364. The van der Waals surface area contributed by atoms with E-state index >= 15 is 0 Å². The van der Waals surface area contributed by atoms with E-state index < -0.39 is 0 Å². The van der Waals surface area contributed by atoms with Crippen LogP contribution in [0.3, 0.4) is 0 Å². The molecule has 0 aliphatic carbocycles. The third kappa shape index (κ3) is 3.81. The molecule has 0 aromatic heterocycles. The molecule has 0 saturated carbocycles. The molecule has 5 nitrogen and oxygen atoms in total. The van der Waals surface area contributed by atoms with E-state index in [1.54, 1.807) is 14.2 Å². The third-order valence-electron chi connectivity index (χ3n) is 3.61. The van der Waals surface area contributed by atoms with Crippen molar-refractivity contribution in [3.05, 3.63) is 46.5 Å². The first-order valence-corrected chi connectivity index (χ1v) is 7.28. The van der Waals surface area contributed by atoms with Crippen LogP contribution in [0.2, 0.25) is 0 Å². The van der Waals surface area contributed by atoms with Crippen LogP contribution >= 0.6 is 11.8 Å². The number of nitrogens with two attached hydrogens (primary N) is 1. The molecule has 0 spiro atoms. The maximum Gasteiger partial charge on any atom is 0.211 e. The fourth-order valence-corrected chi connectivity index (χ4v) is 2.81. The number of rotatable bonds is 6. The van der Waals surface area contributed by atoms with Gasteiger partial charge in [0.05, 0.1) is 19.4 Å². The number of nitrogens with one attached hydrogen (secondary N) is 1. The Labute approximate surface area is 130 Å². The van der Waals surface area contributed by atoms with Crippen molar-refractivity contribution in [3.63, 3.8) is 0 Å². The van der Waals surface area contributed by atoms with Gasteiger partial charge in [-0.15, -0.1) is 0 Å². The van der Waals surface area contributed by atoms with Gasteiger partial charge >= 0.3 is 0 Å². The summed E-state index contributed by atoms with van der Waals surface area (Å²) < 4.78 is 10.5. The average Bonchev–Trinajstić information content (AvgIpc) is 2.48. The molecule has 21 heavy (non-hydrogen) atoms. The number of fused-ring (bicyclic) bond motifs is 1. The minimum Gasteiger partial charge on any atom is -0.481 e. The zero-order valence-electron chi connectivity index (χ0n) is 12.5. The van der Waals surface area contributed by atoms with Crippen LogP contribution in [-0.2, 0) is 29.0 Å². The number of nitrogens with zero attached hydrogens (tertiary/aromatic N) is 1. The monoisotopic (exact) mass is 311 g/mol. The van der Waals surface area contributed by atoms with Crippen LogP contribution in [-0.4, -0.2) is 32.3 Å². The van der Waals surface area contributed by atoms with Gasteiger partial charge in [0.15, 0.2) is 0 Å². The van der Waals surface area contributed by atoms with E-state index in [1.807, 2.05) is 0 Å². The van der Waals surface area contributed by atoms with E-state index in [2.05, 4.69) is 27.9 Å². The number of methoxy groups -OCH3 is 2. The molecule has 6 heteroatoms. The lowest BCUT2D eigenvalue weighted by molar-refractivity contribution is 0.128. The molecule has 1 aromatic carbocycles. The van der Waals surface area contributed by atoms with Gasteiger partial charge in [-0.2, -0.15) is 0 Å². The summed E-state index contributed by atoms with van der Waals surface area (Å²) >= 11 is 5.58. The molecule has 1 heterocycles. The Hall–Kier alpha value is -1.43. The second kappa shape index (κ2) is 7.54. The van der Waals surface area contributed by atoms with E-state index in [9.17, 15) is 0 Å². The molecule has 1 aliphatic heterocycles. The van der Waals surface area contributed by atoms with Gasteiger partial charge in [-0.3, -0.25) is 0 Å². The average molecular weight is 312 g/mol. The summed E-state index contributed by atoms with van der Waals surface area (Å²) in [6, 6.07) is 6.46. The Balaban J connectivity index is 2.20. The Morgan fingerprint density at radius 2 is 2.19 bits per heavy atom. The Morgan fingerprint density at radius 3 is 2.86 bits per heavy atom. The van der Waals surface area contributed by atoms with E-state index in [1.165, 1.54) is 16.7 Å². The van der Waals surface area contributed by atoms with Gasteiger partial charge in [-0.25, -0.2) is 4.84 Å². The smallest absolute Gasteiger partial charge is 0.211 e. The van der Waals surface area contributed by atoms with Crippen molar-refractivity contribution in [1.82, 2.24) is 9.74 Å². The molecular formula is C15H22ClN3O2. The topological polar surface area (TPSA) is 59.8 Å². The molecule has 3 N–H and O–H groups in total. The van der Waals surface area contributed by atoms with Gasteiger partial charge < -0.3 is 20.1 Å². The summed E-state index contributed by atoms with van der Waals surface area (Å²) in [5.74, 6) is 0.698. The van der Waals surface area contributed by atoms with Crippen LogP contribution in [0.25, 0.3) is 0 Å². The van der Waals surface area contributed by atoms with E-state index in [-0.39, 0.29) is 0 Å². The van der Waals surface area contributed by atoms with E-state index in [4.69, 9.17) is 27.0 Å². The minimum absolute atomic E-state index is 0.364. The van der Waals surface area contributed by atoms with Gasteiger partial charge in [-0.05, 0) is 34.9 Å². The Morgan fingerprint density at radius 1 is 1.38 bits per heavy atom. The van der Waals surface area contributed by atoms with Crippen LogP contribution in [0.5, 0.6) is 0 Å². The molecule has 1 aromatic rings. The van der Waals surface area contributed by atoms with Gasteiger partial charge in [-0.1, -0.05) is 18.2 Å². The zero-order chi connectivity index (χ0) is 15.2. The summed E-state index contributed by atoms with van der Waals surface area (Å²) in [7, 11) is 3.26. The molecular weight excluding hydrogens is 290 g/mol. The van der Waals surface area contributed by atoms with Crippen molar-refractivity contribution in [1.29, 1.82) is 0 Å². The van der Waals surface area contributed by atoms with Crippen LogP contribution in [0, 0.1) is 0 Å². The van der Waals surface area contributed by atoms with E-state index in [0.29, 0.717) is 24.7 Å². The lowest BCUT2D eigenvalue weighted by Gasteiger charge is -2.32. The van der Waals surface area contributed by atoms with Gasteiger partial charge in [0, 0.05) is 26.7 Å². The second-order valence-electron chi connectivity index (χ2n) is 5.05. The lowest BCUT2D eigenvalue weighted by Crippen LogP contribution is -2.33. The van der Waals surface area contributed by atoms with Crippen molar-refractivity contribution >= 4 is 11.8 Å². The second-order valence-corrected chi connectivity index (χ2v) is 5.32. The first kappa shape index (κ1) is 15.9. The highest BCUT2D eigenvalue weighted by atomic mass is 35.5. The summed E-state index contributed by atoms with van der Waals surface area (Å²) in [5, 5.41) is 0. The van der Waals surface area contributed by atoms with Crippen molar-refractivity contribution in [2.75, 3.05) is 27.4 Å². The maximum atomic E-state index is 6.03. The summed E-state index contributed by atoms with van der Waals surface area (Å²) in [6.07, 6.45) is 0.969. The molecule has 0 saturated heterocycles. The first-order valence-electron chi connectivity index (χ1n) is 6.90. The van der Waals surface area contributed by atoms with E-state index in [0.717, 1.165) is 19.5 Å².